The Hall–Kier alpha value is -3.06. The first-order valence-corrected chi connectivity index (χ1v) is 15.6. The predicted molar refractivity (Wildman–Crippen MR) is 178 cm³/mol. The van der Waals surface area contributed by atoms with E-state index in [0.29, 0.717) is 40.0 Å². The van der Waals surface area contributed by atoms with Gasteiger partial charge >= 0.3 is 0 Å². The molecule has 4 N–H and O–H groups in total. The van der Waals surface area contributed by atoms with E-state index in [0.717, 1.165) is 12.1 Å². The number of anilines is 2. The second-order valence-electron chi connectivity index (χ2n) is 13.1. The van der Waals surface area contributed by atoms with E-state index in [2.05, 4.69) is 10.6 Å². The number of halogens is 6. The SMILES string of the molecule is CC1(C)Cc2c(C(=O)Nc3ccc(F)c(Cl)c3)ccc(F)c2C1=O.CC1(C)Cc2c(C(=O)Nc3ccc(F)c(Cl)c3)ccc(F)c2C1N.[La]. The number of benzene rings is 4. The Bertz CT molecular complexity index is 2010. The molecule has 1 atom stereocenters. The zero-order valence-electron chi connectivity index (χ0n) is 26.9. The molecular weight excluding hydrogens is 808 g/mol. The van der Waals surface area contributed by atoms with E-state index >= 15 is 0 Å². The molecule has 1 radical (unpaired) electrons. The van der Waals surface area contributed by atoms with E-state index in [-0.39, 0.29) is 74.4 Å². The van der Waals surface area contributed by atoms with Crippen LogP contribution in [-0.4, -0.2) is 17.6 Å². The third-order valence-corrected chi connectivity index (χ3v) is 9.24. The number of hydrogen-bond donors (Lipinski definition) is 3. The fourth-order valence-corrected chi connectivity index (χ4v) is 6.36. The smallest absolute Gasteiger partial charge is 0.255 e. The van der Waals surface area contributed by atoms with Crippen LogP contribution >= 0.6 is 23.2 Å². The number of hydrogen-bond acceptors (Lipinski definition) is 4. The third-order valence-electron chi connectivity index (χ3n) is 8.66. The van der Waals surface area contributed by atoms with Crippen LogP contribution in [0.25, 0.3) is 0 Å². The summed E-state index contributed by atoms with van der Waals surface area (Å²) in [5.41, 5.74) is 7.73. The summed E-state index contributed by atoms with van der Waals surface area (Å²) in [6, 6.07) is 12.4. The summed E-state index contributed by atoms with van der Waals surface area (Å²) in [6.07, 6.45) is 0.792. The van der Waals surface area contributed by atoms with Crippen LogP contribution in [0.1, 0.15) is 81.5 Å². The van der Waals surface area contributed by atoms with E-state index in [1.807, 2.05) is 13.8 Å². The molecule has 0 saturated heterocycles. The van der Waals surface area contributed by atoms with Gasteiger partial charge in [-0.1, -0.05) is 50.9 Å². The average molecular weight is 839 g/mol. The molecule has 0 aliphatic heterocycles. The van der Waals surface area contributed by atoms with Gasteiger partial charge in [-0.25, -0.2) is 17.6 Å². The summed E-state index contributed by atoms with van der Waals surface area (Å²) < 4.78 is 54.6. The Balaban J connectivity index is 0.000000216. The molecule has 1 unspecified atom stereocenters. The maximum atomic E-state index is 14.2. The summed E-state index contributed by atoms with van der Waals surface area (Å²) in [5.74, 6) is -3.39. The Morgan fingerprint density at radius 2 is 1.16 bits per heavy atom. The van der Waals surface area contributed by atoms with E-state index in [1.165, 1.54) is 48.5 Å². The first kappa shape index (κ1) is 38.7. The molecule has 0 bridgehead atoms. The standard InChI is InChI=1S/C18H17ClF2N2O.C18H14ClF2NO2.La/c1-18(2)8-11-10(4-6-14(21)15(11)16(18)22)17(24)23-9-3-5-13(20)12(19)7-9;1-18(2)8-11-10(4-6-14(21)15(11)16(18)23)17(24)22-9-3-5-13(20)12(19)7-9;/h3-7,16H,8,22H2,1-2H3,(H,23,24);3-7H,8H2,1-2H3,(H,22,24);. The van der Waals surface area contributed by atoms with E-state index in [1.54, 1.807) is 13.8 Å². The number of amides is 2. The van der Waals surface area contributed by atoms with Gasteiger partial charge in [-0.3, -0.25) is 14.4 Å². The summed E-state index contributed by atoms with van der Waals surface area (Å²) in [5, 5.41) is 5.06. The largest absolute Gasteiger partial charge is 0.323 e. The van der Waals surface area contributed by atoms with Gasteiger partial charge < -0.3 is 16.4 Å². The van der Waals surface area contributed by atoms with Crippen molar-refractivity contribution >= 4 is 52.2 Å². The van der Waals surface area contributed by atoms with Crippen LogP contribution in [-0.2, 0) is 12.8 Å². The van der Waals surface area contributed by atoms with E-state index < -0.39 is 46.5 Å². The van der Waals surface area contributed by atoms with Gasteiger partial charge in [0.1, 0.15) is 23.3 Å². The van der Waals surface area contributed by atoms with E-state index in [4.69, 9.17) is 28.9 Å². The normalized spacial score (nSPS) is 16.5. The molecule has 0 spiro atoms. The number of carbonyl (C=O) groups is 3. The Kier molecular flexibility index (Phi) is 11.6. The zero-order valence-corrected chi connectivity index (χ0v) is 32.0. The van der Waals surface area contributed by atoms with Crippen LogP contribution in [0, 0.1) is 69.7 Å². The number of rotatable bonds is 4. The van der Waals surface area contributed by atoms with Gasteiger partial charge in [0, 0.05) is 75.1 Å². The Morgan fingerprint density at radius 1 is 0.714 bits per heavy atom. The van der Waals surface area contributed by atoms with Crippen molar-refractivity contribution in [1.29, 1.82) is 0 Å². The molecule has 0 fully saturated rings. The predicted octanol–water partition coefficient (Wildman–Crippen LogP) is 9.09. The molecule has 6 nitrogen and oxygen atoms in total. The number of fused-ring (bicyclic) bond motifs is 2. The van der Waals surface area contributed by atoms with Gasteiger partial charge in [0.15, 0.2) is 5.78 Å². The Labute approximate surface area is 318 Å². The van der Waals surface area contributed by atoms with Gasteiger partial charge in [-0.15, -0.1) is 0 Å². The summed E-state index contributed by atoms with van der Waals surface area (Å²) in [6.45, 7) is 7.32. The minimum atomic E-state index is -0.751. The molecule has 0 heterocycles. The monoisotopic (exact) mass is 838 g/mol. The van der Waals surface area contributed by atoms with Crippen molar-refractivity contribution in [3.05, 3.63) is 127 Å². The molecule has 4 aromatic carbocycles. The van der Waals surface area contributed by atoms with Gasteiger partial charge in [-0.2, -0.15) is 0 Å². The number of nitrogens with two attached hydrogens (primary N) is 1. The molecule has 253 valence electrons. The zero-order chi connectivity index (χ0) is 35.3. The number of ketones is 1. The number of carbonyl (C=O) groups excluding carboxylic acids is 3. The maximum absolute atomic E-state index is 14.2. The first-order valence-electron chi connectivity index (χ1n) is 14.9. The van der Waals surface area contributed by atoms with Crippen molar-refractivity contribution in [3.63, 3.8) is 0 Å². The Morgan fingerprint density at radius 3 is 1.65 bits per heavy atom. The minimum Gasteiger partial charge on any atom is -0.323 e. The molecule has 2 aliphatic rings. The van der Waals surface area contributed by atoms with Crippen LogP contribution < -0.4 is 16.4 Å². The molecule has 0 aromatic heterocycles. The minimum absolute atomic E-state index is 0. The maximum Gasteiger partial charge on any atom is 0.255 e. The van der Waals surface area contributed by atoms with Crippen molar-refractivity contribution in [2.75, 3.05) is 10.6 Å². The number of nitrogens with one attached hydrogen (secondary N) is 2. The fourth-order valence-electron chi connectivity index (χ4n) is 6.00. The molecule has 6 rings (SSSR count). The summed E-state index contributed by atoms with van der Waals surface area (Å²) in [7, 11) is 0. The quantitative estimate of drug-likeness (QED) is 0.179. The second kappa shape index (κ2) is 14.7. The number of Topliss-reactive ketones (excluding diaryl/α,β-unsaturated/α-hetero) is 1. The van der Waals surface area contributed by atoms with Crippen molar-refractivity contribution in [3.8, 4) is 0 Å². The van der Waals surface area contributed by atoms with Crippen LogP contribution in [0.3, 0.4) is 0 Å². The molecule has 49 heavy (non-hydrogen) atoms. The van der Waals surface area contributed by atoms with Gasteiger partial charge in [-0.05, 0) is 90.0 Å². The van der Waals surface area contributed by atoms with Crippen LogP contribution in [0.5, 0.6) is 0 Å². The average Bonchev–Trinajstić information content (AvgIpc) is 3.40. The molecule has 2 aliphatic carbocycles. The molecule has 13 heteroatoms. The molecule has 4 aromatic rings. The van der Waals surface area contributed by atoms with Crippen LogP contribution in [0.15, 0.2) is 60.7 Å². The van der Waals surface area contributed by atoms with Crippen LogP contribution in [0.4, 0.5) is 28.9 Å². The second-order valence-corrected chi connectivity index (χ2v) is 13.9. The summed E-state index contributed by atoms with van der Waals surface area (Å²) >= 11 is 11.4. The summed E-state index contributed by atoms with van der Waals surface area (Å²) in [4.78, 5) is 37.4. The van der Waals surface area contributed by atoms with Crippen molar-refractivity contribution in [2.45, 2.75) is 46.6 Å². The van der Waals surface area contributed by atoms with Gasteiger partial charge in [0.25, 0.3) is 11.8 Å². The van der Waals surface area contributed by atoms with Gasteiger partial charge in [0.05, 0.1) is 15.6 Å². The van der Waals surface area contributed by atoms with Crippen LogP contribution in [0.2, 0.25) is 10.0 Å². The van der Waals surface area contributed by atoms with E-state index in [9.17, 15) is 31.9 Å². The topological polar surface area (TPSA) is 101 Å². The van der Waals surface area contributed by atoms with Crippen molar-refractivity contribution in [2.24, 2.45) is 16.6 Å². The van der Waals surface area contributed by atoms with Crippen molar-refractivity contribution in [1.82, 2.24) is 0 Å². The third kappa shape index (κ3) is 7.82. The molecule has 2 amide bonds. The van der Waals surface area contributed by atoms with Gasteiger partial charge in [0.2, 0.25) is 0 Å². The first-order chi connectivity index (χ1) is 22.4. The molecule has 0 saturated carbocycles. The molecular formula is C36H31Cl2F4LaN3O3. The fraction of sp³-hybridized carbons (Fsp3) is 0.250. The van der Waals surface area contributed by atoms with Crippen molar-refractivity contribution < 1.29 is 67.5 Å².